The van der Waals surface area contributed by atoms with Crippen LogP contribution in [-0.4, -0.2) is 7.11 Å². The summed E-state index contributed by atoms with van der Waals surface area (Å²) in [5.41, 5.74) is 8.49. The molecule has 0 saturated heterocycles. The SMILES string of the molecule is COc1cc(C(N)C2CC2)ccc1C. The zero-order chi connectivity index (χ0) is 10.1. The van der Waals surface area contributed by atoms with Crippen molar-refractivity contribution in [2.24, 2.45) is 11.7 Å². The smallest absolute Gasteiger partial charge is 0.122 e. The van der Waals surface area contributed by atoms with Crippen LogP contribution in [-0.2, 0) is 0 Å². The van der Waals surface area contributed by atoms with Crippen molar-refractivity contribution in [1.29, 1.82) is 0 Å². The lowest BCUT2D eigenvalue weighted by Gasteiger charge is -2.13. The summed E-state index contributed by atoms with van der Waals surface area (Å²) < 4.78 is 5.28. The third kappa shape index (κ3) is 1.75. The molecule has 2 rings (SSSR count). The Morgan fingerprint density at radius 3 is 2.71 bits per heavy atom. The highest BCUT2D eigenvalue weighted by Crippen LogP contribution is 2.40. The van der Waals surface area contributed by atoms with Gasteiger partial charge in [0.25, 0.3) is 0 Å². The molecule has 2 heteroatoms. The quantitative estimate of drug-likeness (QED) is 0.796. The van der Waals surface area contributed by atoms with Crippen molar-refractivity contribution in [3.05, 3.63) is 29.3 Å². The van der Waals surface area contributed by atoms with Crippen LogP contribution in [0.15, 0.2) is 18.2 Å². The van der Waals surface area contributed by atoms with Gasteiger partial charge in [0.2, 0.25) is 0 Å². The van der Waals surface area contributed by atoms with Crippen LogP contribution in [0.3, 0.4) is 0 Å². The highest BCUT2D eigenvalue weighted by molar-refractivity contribution is 5.38. The van der Waals surface area contributed by atoms with E-state index in [1.54, 1.807) is 7.11 Å². The summed E-state index contributed by atoms with van der Waals surface area (Å²) in [4.78, 5) is 0. The number of hydrogen-bond acceptors (Lipinski definition) is 2. The molecule has 0 radical (unpaired) electrons. The van der Waals surface area contributed by atoms with E-state index in [2.05, 4.69) is 18.2 Å². The second-order valence-electron chi connectivity index (χ2n) is 4.09. The first kappa shape index (κ1) is 9.53. The highest BCUT2D eigenvalue weighted by Gasteiger charge is 2.29. The van der Waals surface area contributed by atoms with Crippen LogP contribution in [0.1, 0.15) is 30.0 Å². The van der Waals surface area contributed by atoms with Crippen LogP contribution in [0.25, 0.3) is 0 Å². The van der Waals surface area contributed by atoms with Gasteiger partial charge in [0.05, 0.1) is 7.11 Å². The second-order valence-corrected chi connectivity index (χ2v) is 4.09. The molecule has 0 spiro atoms. The van der Waals surface area contributed by atoms with Gasteiger partial charge in [0, 0.05) is 6.04 Å². The van der Waals surface area contributed by atoms with Crippen molar-refractivity contribution in [3.8, 4) is 5.75 Å². The molecule has 14 heavy (non-hydrogen) atoms. The topological polar surface area (TPSA) is 35.2 Å². The maximum absolute atomic E-state index is 6.12. The Morgan fingerprint density at radius 1 is 1.43 bits per heavy atom. The molecule has 76 valence electrons. The molecule has 0 amide bonds. The summed E-state index contributed by atoms with van der Waals surface area (Å²) in [5.74, 6) is 1.64. The first-order valence-electron chi connectivity index (χ1n) is 5.12. The van der Waals surface area contributed by atoms with Crippen molar-refractivity contribution in [2.45, 2.75) is 25.8 Å². The van der Waals surface area contributed by atoms with Crippen LogP contribution < -0.4 is 10.5 Å². The van der Waals surface area contributed by atoms with Gasteiger partial charge in [-0.15, -0.1) is 0 Å². The molecular weight excluding hydrogens is 174 g/mol. The molecule has 1 aromatic rings. The van der Waals surface area contributed by atoms with E-state index in [4.69, 9.17) is 10.5 Å². The maximum Gasteiger partial charge on any atom is 0.122 e. The Morgan fingerprint density at radius 2 is 2.14 bits per heavy atom. The molecule has 1 saturated carbocycles. The predicted octanol–water partition coefficient (Wildman–Crippen LogP) is 2.41. The fourth-order valence-corrected chi connectivity index (χ4v) is 1.77. The minimum Gasteiger partial charge on any atom is -0.496 e. The number of hydrogen-bond donors (Lipinski definition) is 1. The van der Waals surface area contributed by atoms with Crippen LogP contribution in [0.2, 0.25) is 0 Å². The van der Waals surface area contributed by atoms with Gasteiger partial charge in [0.15, 0.2) is 0 Å². The fourth-order valence-electron chi connectivity index (χ4n) is 1.77. The van der Waals surface area contributed by atoms with Crippen LogP contribution >= 0.6 is 0 Å². The van der Waals surface area contributed by atoms with E-state index in [-0.39, 0.29) is 6.04 Å². The number of methoxy groups -OCH3 is 1. The van der Waals surface area contributed by atoms with Crippen LogP contribution in [0, 0.1) is 12.8 Å². The minimum absolute atomic E-state index is 0.199. The van der Waals surface area contributed by atoms with Crippen molar-refractivity contribution < 1.29 is 4.74 Å². The van der Waals surface area contributed by atoms with Gasteiger partial charge >= 0.3 is 0 Å². The summed E-state index contributed by atoms with van der Waals surface area (Å²) >= 11 is 0. The summed E-state index contributed by atoms with van der Waals surface area (Å²) in [6.07, 6.45) is 2.55. The highest BCUT2D eigenvalue weighted by atomic mass is 16.5. The first-order valence-corrected chi connectivity index (χ1v) is 5.12. The standard InChI is InChI=1S/C12H17NO/c1-8-3-4-10(7-11(8)14-2)12(13)9-5-6-9/h3-4,7,9,12H,5-6,13H2,1-2H3. The number of ether oxygens (including phenoxy) is 1. The first-order chi connectivity index (χ1) is 6.72. The molecule has 1 aromatic carbocycles. The third-order valence-corrected chi connectivity index (χ3v) is 2.95. The summed E-state index contributed by atoms with van der Waals surface area (Å²) in [6, 6.07) is 6.46. The molecule has 0 aliphatic heterocycles. The molecule has 0 heterocycles. The van der Waals surface area contributed by atoms with Crippen molar-refractivity contribution in [3.63, 3.8) is 0 Å². The zero-order valence-corrected chi connectivity index (χ0v) is 8.79. The predicted molar refractivity (Wildman–Crippen MR) is 57.4 cm³/mol. The molecule has 1 atom stereocenters. The van der Waals surface area contributed by atoms with Gasteiger partial charge in [-0.05, 0) is 42.9 Å². The lowest BCUT2D eigenvalue weighted by Crippen LogP contribution is -2.12. The van der Waals surface area contributed by atoms with Crippen molar-refractivity contribution in [2.75, 3.05) is 7.11 Å². The second kappa shape index (κ2) is 3.62. The van der Waals surface area contributed by atoms with Gasteiger partial charge < -0.3 is 10.5 Å². The fraction of sp³-hybridized carbons (Fsp3) is 0.500. The number of benzene rings is 1. The number of aryl methyl sites for hydroxylation is 1. The minimum atomic E-state index is 0.199. The van der Waals surface area contributed by atoms with Gasteiger partial charge in [-0.1, -0.05) is 12.1 Å². The van der Waals surface area contributed by atoms with Gasteiger partial charge in [-0.2, -0.15) is 0 Å². The van der Waals surface area contributed by atoms with E-state index in [1.807, 2.05) is 6.92 Å². The summed E-state index contributed by atoms with van der Waals surface area (Å²) in [5, 5.41) is 0. The van der Waals surface area contributed by atoms with Crippen molar-refractivity contribution >= 4 is 0 Å². The summed E-state index contributed by atoms with van der Waals surface area (Å²) in [6.45, 7) is 2.05. The van der Waals surface area contributed by atoms with E-state index in [0.717, 1.165) is 5.75 Å². The number of nitrogens with two attached hydrogens (primary N) is 1. The zero-order valence-electron chi connectivity index (χ0n) is 8.79. The molecule has 1 unspecified atom stereocenters. The lowest BCUT2D eigenvalue weighted by molar-refractivity contribution is 0.410. The monoisotopic (exact) mass is 191 g/mol. The van der Waals surface area contributed by atoms with E-state index >= 15 is 0 Å². The summed E-state index contributed by atoms with van der Waals surface area (Å²) in [7, 11) is 1.70. The molecule has 2 nitrogen and oxygen atoms in total. The van der Waals surface area contributed by atoms with E-state index < -0.39 is 0 Å². The van der Waals surface area contributed by atoms with Crippen LogP contribution in [0.4, 0.5) is 0 Å². The molecule has 2 N–H and O–H groups in total. The third-order valence-electron chi connectivity index (χ3n) is 2.95. The van der Waals surface area contributed by atoms with Gasteiger partial charge in [0.1, 0.15) is 5.75 Å². The van der Waals surface area contributed by atoms with Gasteiger partial charge in [-0.25, -0.2) is 0 Å². The molecule has 1 aliphatic carbocycles. The van der Waals surface area contributed by atoms with Crippen molar-refractivity contribution in [1.82, 2.24) is 0 Å². The van der Waals surface area contributed by atoms with E-state index in [0.29, 0.717) is 5.92 Å². The van der Waals surface area contributed by atoms with Crippen LogP contribution in [0.5, 0.6) is 5.75 Å². The van der Waals surface area contributed by atoms with Gasteiger partial charge in [-0.3, -0.25) is 0 Å². The molecule has 0 bridgehead atoms. The largest absolute Gasteiger partial charge is 0.496 e. The Hall–Kier alpha value is -1.02. The average molecular weight is 191 g/mol. The molecular formula is C12H17NO. The maximum atomic E-state index is 6.12. The molecule has 1 fully saturated rings. The van der Waals surface area contributed by atoms with E-state index in [9.17, 15) is 0 Å². The Balaban J connectivity index is 2.25. The Labute approximate surface area is 85.1 Å². The average Bonchev–Trinajstić information content (AvgIpc) is 3.01. The Kier molecular flexibility index (Phi) is 2.46. The normalized spacial score (nSPS) is 17.9. The number of rotatable bonds is 3. The molecule has 1 aliphatic rings. The lowest BCUT2D eigenvalue weighted by atomic mass is 10.0. The Bertz CT molecular complexity index is 331. The molecule has 0 aromatic heterocycles. The van der Waals surface area contributed by atoms with E-state index in [1.165, 1.54) is 24.0 Å².